The number of hydrogen-bond acceptors (Lipinski definition) is 6. The summed E-state index contributed by atoms with van der Waals surface area (Å²) in [5.41, 5.74) is 0.791. The van der Waals surface area contributed by atoms with E-state index in [0.29, 0.717) is 23.8 Å². The smallest absolute Gasteiger partial charge is 0.347 e. The van der Waals surface area contributed by atoms with Crippen LogP contribution in [0.1, 0.15) is 28.0 Å². The lowest BCUT2D eigenvalue weighted by molar-refractivity contribution is -0.123. The molecular weight excluding hydrogens is 332 g/mol. The number of amides is 1. The summed E-state index contributed by atoms with van der Waals surface area (Å²) < 4.78 is 6.88. The molecule has 0 fully saturated rings. The van der Waals surface area contributed by atoms with Crippen LogP contribution in [0.5, 0.6) is 0 Å². The third-order valence-electron chi connectivity index (χ3n) is 3.50. The van der Waals surface area contributed by atoms with Crippen molar-refractivity contribution in [2.45, 2.75) is 26.1 Å². The van der Waals surface area contributed by atoms with Gasteiger partial charge in [-0.15, -0.1) is 0 Å². The summed E-state index contributed by atoms with van der Waals surface area (Å²) in [6, 6.07) is 3.14. The lowest BCUT2D eigenvalue weighted by atomic mass is 10.3. The first-order valence-electron chi connectivity index (χ1n) is 7.27. The Balaban J connectivity index is 1.56. The number of nitrogens with one attached hydrogen (secondary N) is 2. The first kappa shape index (κ1) is 16.2. The maximum Gasteiger partial charge on any atom is 0.347 e. The fraction of sp³-hybridized carbons (Fsp3) is 0.267. The molecule has 1 amide bonds. The van der Waals surface area contributed by atoms with E-state index in [4.69, 9.17) is 9.52 Å². The fourth-order valence-electron chi connectivity index (χ4n) is 2.15. The van der Waals surface area contributed by atoms with Crippen LogP contribution in [0.25, 0.3) is 4.96 Å². The molecule has 24 heavy (non-hydrogen) atoms. The third-order valence-corrected chi connectivity index (χ3v) is 4.48. The Morgan fingerprint density at radius 1 is 1.46 bits per heavy atom. The number of carbonyl (C=O) groups is 2. The molecule has 8 nitrogen and oxygen atoms in total. The normalized spacial score (nSPS) is 12.4. The van der Waals surface area contributed by atoms with Crippen molar-refractivity contribution in [2.75, 3.05) is 0 Å². The molecule has 1 unspecified atom stereocenters. The maximum atomic E-state index is 12.0. The van der Waals surface area contributed by atoms with Gasteiger partial charge in [0, 0.05) is 12.7 Å². The standard InChI is InChI=1S/C15H16N4O4S/c1-9(13(20)17-7-11-3-2-4-23-11)16-5-10-6-18-15-19(10)8-12(24-15)14(21)22/h2-4,6,8-9,16H,5,7H2,1H3,(H,17,20)(H,21,22). The molecule has 0 saturated carbocycles. The van der Waals surface area contributed by atoms with E-state index in [0.717, 1.165) is 17.0 Å². The lowest BCUT2D eigenvalue weighted by Gasteiger charge is -2.13. The van der Waals surface area contributed by atoms with E-state index >= 15 is 0 Å². The summed E-state index contributed by atoms with van der Waals surface area (Å²) in [6.07, 6.45) is 4.76. The van der Waals surface area contributed by atoms with Crippen molar-refractivity contribution in [3.8, 4) is 0 Å². The molecule has 9 heteroatoms. The van der Waals surface area contributed by atoms with Gasteiger partial charge in [0.25, 0.3) is 0 Å². The summed E-state index contributed by atoms with van der Waals surface area (Å²) in [7, 11) is 0. The minimum Gasteiger partial charge on any atom is -0.477 e. The number of carboxylic acid groups (broad SMARTS) is 1. The summed E-state index contributed by atoms with van der Waals surface area (Å²) in [5.74, 6) is -0.439. The minimum absolute atomic E-state index is 0.149. The van der Waals surface area contributed by atoms with Gasteiger partial charge in [0.05, 0.1) is 30.7 Å². The molecule has 0 saturated heterocycles. The summed E-state index contributed by atoms with van der Waals surface area (Å²) >= 11 is 1.11. The van der Waals surface area contributed by atoms with Crippen LogP contribution < -0.4 is 10.6 Å². The Bertz CT molecular complexity index is 852. The zero-order valence-electron chi connectivity index (χ0n) is 12.9. The van der Waals surface area contributed by atoms with Crippen molar-refractivity contribution in [2.24, 2.45) is 0 Å². The number of imidazole rings is 1. The van der Waals surface area contributed by atoms with Gasteiger partial charge in [0.1, 0.15) is 10.6 Å². The number of aromatic nitrogens is 2. The van der Waals surface area contributed by atoms with Gasteiger partial charge < -0.3 is 20.2 Å². The zero-order chi connectivity index (χ0) is 17.1. The van der Waals surface area contributed by atoms with Crippen molar-refractivity contribution >= 4 is 28.2 Å². The molecule has 0 radical (unpaired) electrons. The van der Waals surface area contributed by atoms with Gasteiger partial charge >= 0.3 is 5.97 Å². The van der Waals surface area contributed by atoms with Crippen LogP contribution in [-0.2, 0) is 17.9 Å². The lowest BCUT2D eigenvalue weighted by Crippen LogP contribution is -2.41. The predicted molar refractivity (Wildman–Crippen MR) is 86.9 cm³/mol. The molecule has 0 aliphatic carbocycles. The molecule has 1 atom stereocenters. The second-order valence-corrected chi connectivity index (χ2v) is 6.21. The van der Waals surface area contributed by atoms with Gasteiger partial charge in [0.15, 0.2) is 4.96 Å². The van der Waals surface area contributed by atoms with E-state index in [9.17, 15) is 9.59 Å². The molecule has 3 N–H and O–H groups in total. The minimum atomic E-state index is -0.977. The van der Waals surface area contributed by atoms with Gasteiger partial charge in [-0.1, -0.05) is 11.3 Å². The molecule has 126 valence electrons. The average Bonchev–Trinajstić information content (AvgIpc) is 3.26. The van der Waals surface area contributed by atoms with Crippen molar-refractivity contribution in [3.63, 3.8) is 0 Å². The van der Waals surface area contributed by atoms with Gasteiger partial charge in [-0.3, -0.25) is 9.20 Å². The Morgan fingerprint density at radius 2 is 2.29 bits per heavy atom. The number of carboxylic acids is 1. The second kappa shape index (κ2) is 6.85. The SMILES string of the molecule is CC(NCc1cnc2sc(C(=O)O)cn12)C(=O)NCc1ccco1. The molecule has 3 aromatic rings. The van der Waals surface area contributed by atoms with Crippen LogP contribution in [0.4, 0.5) is 0 Å². The van der Waals surface area contributed by atoms with Gasteiger partial charge in [-0.05, 0) is 19.1 Å². The van der Waals surface area contributed by atoms with Gasteiger partial charge in [0.2, 0.25) is 5.91 Å². The van der Waals surface area contributed by atoms with Crippen molar-refractivity contribution in [3.05, 3.63) is 47.1 Å². The molecule has 0 bridgehead atoms. The predicted octanol–water partition coefficient (Wildman–Crippen LogP) is 1.48. The molecule has 3 aromatic heterocycles. The quantitative estimate of drug-likeness (QED) is 0.597. The molecule has 0 aliphatic rings. The highest BCUT2D eigenvalue weighted by Gasteiger charge is 2.15. The Morgan fingerprint density at radius 3 is 3.00 bits per heavy atom. The van der Waals surface area contributed by atoms with E-state index < -0.39 is 12.0 Å². The highest BCUT2D eigenvalue weighted by molar-refractivity contribution is 7.18. The van der Waals surface area contributed by atoms with E-state index in [-0.39, 0.29) is 10.8 Å². The van der Waals surface area contributed by atoms with Gasteiger partial charge in [-0.25, -0.2) is 9.78 Å². The number of aromatic carboxylic acids is 1. The fourth-order valence-corrected chi connectivity index (χ4v) is 2.97. The van der Waals surface area contributed by atoms with E-state index in [1.54, 1.807) is 35.9 Å². The van der Waals surface area contributed by atoms with Crippen LogP contribution in [0.2, 0.25) is 0 Å². The van der Waals surface area contributed by atoms with E-state index in [2.05, 4.69) is 15.6 Å². The maximum absolute atomic E-state index is 12.0. The summed E-state index contributed by atoms with van der Waals surface area (Å²) in [6.45, 7) is 2.49. The first-order chi connectivity index (χ1) is 11.5. The van der Waals surface area contributed by atoms with Crippen molar-refractivity contribution < 1.29 is 19.1 Å². The topological polar surface area (TPSA) is 109 Å². The number of nitrogens with zero attached hydrogens (tertiary/aromatic N) is 2. The van der Waals surface area contributed by atoms with Crippen LogP contribution >= 0.6 is 11.3 Å². The Hall–Kier alpha value is -2.65. The Labute approximate surface area is 141 Å². The highest BCUT2D eigenvalue weighted by atomic mass is 32.1. The summed E-state index contributed by atoms with van der Waals surface area (Å²) in [5, 5.41) is 14.9. The molecule has 3 rings (SSSR count). The monoisotopic (exact) mass is 348 g/mol. The number of thiazole rings is 1. The largest absolute Gasteiger partial charge is 0.477 e. The molecule has 0 aromatic carbocycles. The van der Waals surface area contributed by atoms with Gasteiger partial charge in [-0.2, -0.15) is 0 Å². The highest BCUT2D eigenvalue weighted by Crippen LogP contribution is 2.18. The number of hydrogen-bond donors (Lipinski definition) is 3. The van der Waals surface area contributed by atoms with Crippen LogP contribution in [0.15, 0.2) is 35.2 Å². The molecule has 0 aliphatic heterocycles. The number of carbonyl (C=O) groups excluding carboxylic acids is 1. The van der Waals surface area contributed by atoms with Crippen LogP contribution in [-0.4, -0.2) is 32.4 Å². The summed E-state index contributed by atoms with van der Waals surface area (Å²) in [4.78, 5) is 28.1. The van der Waals surface area contributed by atoms with E-state index in [1.165, 1.54) is 6.20 Å². The Kier molecular flexibility index (Phi) is 4.63. The van der Waals surface area contributed by atoms with Crippen molar-refractivity contribution in [1.82, 2.24) is 20.0 Å². The molecular formula is C15H16N4O4S. The van der Waals surface area contributed by atoms with Crippen molar-refractivity contribution in [1.29, 1.82) is 0 Å². The number of fused-ring (bicyclic) bond motifs is 1. The average molecular weight is 348 g/mol. The van der Waals surface area contributed by atoms with E-state index in [1.807, 2.05) is 0 Å². The first-order valence-corrected chi connectivity index (χ1v) is 8.09. The third kappa shape index (κ3) is 3.47. The zero-order valence-corrected chi connectivity index (χ0v) is 13.7. The number of rotatable bonds is 7. The number of furan rings is 1. The van der Waals surface area contributed by atoms with Crippen LogP contribution in [0.3, 0.4) is 0 Å². The van der Waals surface area contributed by atoms with Crippen LogP contribution in [0, 0.1) is 0 Å². The molecule has 0 spiro atoms. The molecule has 3 heterocycles. The second-order valence-electron chi connectivity index (χ2n) is 5.20.